The quantitative estimate of drug-likeness (QED) is 0.152. The Kier molecular flexibility index (Phi) is 37.7. The van der Waals surface area contributed by atoms with E-state index in [1.54, 1.807) is 0 Å². The van der Waals surface area contributed by atoms with Crippen molar-refractivity contribution in [2.24, 2.45) is 0 Å². The van der Waals surface area contributed by atoms with Crippen molar-refractivity contribution in [3.05, 3.63) is 0 Å². The minimum Gasteiger partial charge on any atom is -0.394 e. The maximum Gasteiger partial charge on any atom is 0.0704 e. The summed E-state index contributed by atoms with van der Waals surface area (Å²) in [4.78, 5) is 0. The van der Waals surface area contributed by atoms with Crippen LogP contribution in [0.4, 0.5) is 0 Å². The van der Waals surface area contributed by atoms with Gasteiger partial charge in [0.1, 0.15) is 0 Å². The first-order valence-electron chi connectivity index (χ1n) is 13.9. The van der Waals surface area contributed by atoms with E-state index < -0.39 is 0 Å². The van der Waals surface area contributed by atoms with Crippen LogP contribution in [0.15, 0.2) is 0 Å². The number of aliphatic hydroxyl groups is 1. The van der Waals surface area contributed by atoms with Crippen molar-refractivity contribution in [2.45, 2.75) is 85.2 Å². The van der Waals surface area contributed by atoms with E-state index in [0.29, 0.717) is 78.8 Å². The minimum absolute atomic E-state index is 0.0678. The molecule has 214 valence electrons. The molecule has 0 fully saturated rings. The number of unbranched alkanes of at least 4 members (excludes halogenated alkanes) is 4. The molecule has 0 rings (SSSR count). The third-order valence-electron chi connectivity index (χ3n) is 4.85. The Morgan fingerprint density at radius 1 is 0.457 bits per heavy atom. The smallest absolute Gasteiger partial charge is 0.0704 e. The van der Waals surface area contributed by atoms with Gasteiger partial charge >= 0.3 is 0 Å². The summed E-state index contributed by atoms with van der Waals surface area (Å²) in [5.74, 6) is 0. The monoisotopic (exact) mass is 510 g/mol. The number of rotatable bonds is 28. The van der Waals surface area contributed by atoms with E-state index in [1.807, 2.05) is 0 Å². The molecule has 0 aliphatic carbocycles. The Bertz CT molecular complexity index is 331. The van der Waals surface area contributed by atoms with Crippen LogP contribution in [0.3, 0.4) is 0 Å². The second-order valence-electron chi connectivity index (χ2n) is 8.28. The van der Waals surface area contributed by atoms with Gasteiger partial charge in [-0.3, -0.25) is 0 Å². The van der Waals surface area contributed by atoms with E-state index >= 15 is 0 Å². The Balaban J connectivity index is 0. The van der Waals surface area contributed by atoms with Crippen molar-refractivity contribution in [2.75, 3.05) is 92.5 Å². The molecule has 0 aliphatic heterocycles. The van der Waals surface area contributed by atoms with Gasteiger partial charge in [-0.15, -0.1) is 0 Å². The van der Waals surface area contributed by atoms with Gasteiger partial charge in [-0.05, 0) is 26.2 Å². The fraction of sp³-hybridized carbons (Fsp3) is 1.00. The van der Waals surface area contributed by atoms with E-state index in [0.717, 1.165) is 32.5 Å². The van der Waals surface area contributed by atoms with Crippen LogP contribution in [-0.2, 0) is 33.2 Å². The van der Waals surface area contributed by atoms with Crippen molar-refractivity contribution >= 4 is 0 Å². The van der Waals surface area contributed by atoms with E-state index in [1.165, 1.54) is 32.1 Å². The molecule has 8 heteroatoms. The fourth-order valence-electron chi connectivity index (χ4n) is 2.71. The Morgan fingerprint density at radius 3 is 1.23 bits per heavy atom. The van der Waals surface area contributed by atoms with Crippen molar-refractivity contribution in [3.8, 4) is 0 Å². The van der Waals surface area contributed by atoms with Gasteiger partial charge in [-0.25, -0.2) is 0 Å². The third-order valence-corrected chi connectivity index (χ3v) is 4.85. The molecular formula is C27H58O8. The highest BCUT2D eigenvalue weighted by Gasteiger charge is 2.01. The predicted octanol–water partition coefficient (Wildman–Crippen LogP) is 4.65. The SMILES string of the molecule is CCCCCC(C)OCCOCCOCCO.CCCCOCCOCCOCCOCCCC. The van der Waals surface area contributed by atoms with E-state index in [-0.39, 0.29) is 6.61 Å². The average Bonchev–Trinajstić information content (AvgIpc) is 2.86. The fourth-order valence-corrected chi connectivity index (χ4v) is 2.71. The van der Waals surface area contributed by atoms with Crippen molar-refractivity contribution in [1.29, 1.82) is 0 Å². The van der Waals surface area contributed by atoms with Gasteiger partial charge in [0, 0.05) is 13.2 Å². The zero-order valence-electron chi connectivity index (χ0n) is 23.4. The van der Waals surface area contributed by atoms with Gasteiger partial charge in [0.25, 0.3) is 0 Å². The van der Waals surface area contributed by atoms with Crippen molar-refractivity contribution in [1.82, 2.24) is 0 Å². The van der Waals surface area contributed by atoms with Crippen LogP contribution in [-0.4, -0.2) is 104 Å². The van der Waals surface area contributed by atoms with Gasteiger partial charge in [0.2, 0.25) is 0 Å². The molecule has 0 saturated heterocycles. The standard InChI is InChI=1S/C14H30O4.C13H28O4/c1-3-5-7-15-9-11-17-13-14-18-12-10-16-8-6-4-2;1-3-4-5-6-13(2)17-12-11-16-10-9-15-8-7-14/h3-14H2,1-2H3;13-14H,3-12H2,1-2H3. The first kappa shape index (κ1) is 36.8. The summed E-state index contributed by atoms with van der Waals surface area (Å²) in [6.07, 6.45) is 9.85. The van der Waals surface area contributed by atoms with Crippen molar-refractivity contribution in [3.63, 3.8) is 0 Å². The summed E-state index contributed by atoms with van der Waals surface area (Å²) in [7, 11) is 0. The average molecular weight is 511 g/mol. The molecule has 0 bridgehead atoms. The molecule has 0 aromatic carbocycles. The first-order valence-corrected chi connectivity index (χ1v) is 13.9. The molecule has 0 saturated carbocycles. The Hall–Kier alpha value is -0.320. The molecule has 0 radical (unpaired) electrons. The van der Waals surface area contributed by atoms with Crippen LogP contribution >= 0.6 is 0 Å². The molecule has 0 heterocycles. The highest BCUT2D eigenvalue weighted by Crippen LogP contribution is 2.05. The van der Waals surface area contributed by atoms with Gasteiger partial charge < -0.3 is 38.3 Å². The molecule has 1 atom stereocenters. The highest BCUT2D eigenvalue weighted by molar-refractivity contribution is 4.50. The normalized spacial score (nSPS) is 11.9. The largest absolute Gasteiger partial charge is 0.394 e. The lowest BCUT2D eigenvalue weighted by Gasteiger charge is -2.12. The number of hydrogen-bond acceptors (Lipinski definition) is 8. The maximum absolute atomic E-state index is 8.47. The van der Waals surface area contributed by atoms with E-state index in [2.05, 4.69) is 27.7 Å². The first-order chi connectivity index (χ1) is 17.2. The minimum atomic E-state index is 0.0678. The number of aliphatic hydroxyl groups excluding tert-OH is 1. The lowest BCUT2D eigenvalue weighted by atomic mass is 10.1. The van der Waals surface area contributed by atoms with E-state index in [4.69, 9.17) is 38.3 Å². The van der Waals surface area contributed by atoms with Crippen LogP contribution in [0.2, 0.25) is 0 Å². The molecule has 0 aromatic heterocycles. The summed E-state index contributed by atoms with van der Waals surface area (Å²) in [5, 5.41) is 8.47. The van der Waals surface area contributed by atoms with Crippen molar-refractivity contribution < 1.29 is 38.3 Å². The molecule has 0 amide bonds. The Morgan fingerprint density at radius 2 is 0.829 bits per heavy atom. The number of hydrogen-bond donors (Lipinski definition) is 1. The molecule has 1 unspecified atom stereocenters. The second kappa shape index (κ2) is 35.8. The summed E-state index contributed by atoms with van der Waals surface area (Å²) in [5.41, 5.74) is 0. The molecule has 0 aromatic rings. The van der Waals surface area contributed by atoms with Crippen LogP contribution in [0, 0.1) is 0 Å². The summed E-state index contributed by atoms with van der Waals surface area (Å²) >= 11 is 0. The molecular weight excluding hydrogens is 452 g/mol. The zero-order chi connectivity index (χ0) is 26.1. The molecule has 8 nitrogen and oxygen atoms in total. The van der Waals surface area contributed by atoms with Crippen LogP contribution in [0.25, 0.3) is 0 Å². The van der Waals surface area contributed by atoms with Gasteiger partial charge in [0.05, 0.1) is 85.4 Å². The zero-order valence-corrected chi connectivity index (χ0v) is 23.4. The Labute approximate surface area is 216 Å². The van der Waals surface area contributed by atoms with Crippen LogP contribution in [0.1, 0.15) is 79.1 Å². The molecule has 0 spiro atoms. The van der Waals surface area contributed by atoms with Gasteiger partial charge in [-0.2, -0.15) is 0 Å². The highest BCUT2D eigenvalue weighted by atomic mass is 16.6. The van der Waals surface area contributed by atoms with Crippen LogP contribution < -0.4 is 0 Å². The summed E-state index contributed by atoms with van der Waals surface area (Å²) < 4.78 is 37.5. The molecule has 0 aliphatic rings. The lowest BCUT2D eigenvalue weighted by molar-refractivity contribution is -0.0120. The second-order valence-corrected chi connectivity index (χ2v) is 8.28. The number of ether oxygens (including phenoxy) is 7. The van der Waals surface area contributed by atoms with Crippen LogP contribution in [0.5, 0.6) is 0 Å². The predicted molar refractivity (Wildman–Crippen MR) is 141 cm³/mol. The van der Waals surface area contributed by atoms with E-state index in [9.17, 15) is 0 Å². The maximum atomic E-state index is 8.47. The molecule has 35 heavy (non-hydrogen) atoms. The lowest BCUT2D eigenvalue weighted by Crippen LogP contribution is -2.15. The van der Waals surface area contributed by atoms with Gasteiger partial charge in [0.15, 0.2) is 0 Å². The molecule has 1 N–H and O–H groups in total. The summed E-state index contributed by atoms with van der Waals surface area (Å²) in [6, 6.07) is 0. The van der Waals surface area contributed by atoms with Gasteiger partial charge in [-0.1, -0.05) is 52.9 Å². The third kappa shape index (κ3) is 38.4. The summed E-state index contributed by atoms with van der Waals surface area (Å²) in [6.45, 7) is 17.0. The topological polar surface area (TPSA) is 84.8 Å².